The number of likely N-dealkylation sites (tertiary alicyclic amines) is 1. The van der Waals surface area contributed by atoms with Crippen molar-refractivity contribution in [3.05, 3.63) is 0 Å². The minimum absolute atomic E-state index is 0.0966. The summed E-state index contributed by atoms with van der Waals surface area (Å²) in [5, 5.41) is 11.9. The topological polar surface area (TPSA) is 69.6 Å². The highest BCUT2D eigenvalue weighted by Crippen LogP contribution is 2.37. The van der Waals surface area contributed by atoms with Gasteiger partial charge in [-0.3, -0.25) is 9.59 Å². The van der Waals surface area contributed by atoms with Crippen LogP contribution in [-0.4, -0.2) is 48.1 Å². The van der Waals surface area contributed by atoms with Crippen molar-refractivity contribution in [2.45, 2.75) is 32.6 Å². The van der Waals surface area contributed by atoms with E-state index in [4.69, 9.17) is 5.11 Å². The number of nitrogens with zero attached hydrogens (tertiary/aromatic N) is 1. The molecule has 0 radical (unpaired) electrons. The molecular formula is C14H24N2O3. The molecule has 5 nitrogen and oxygen atoms in total. The normalized spacial score (nSPS) is 27.2. The van der Waals surface area contributed by atoms with E-state index in [1.165, 1.54) is 0 Å². The molecule has 2 fully saturated rings. The number of rotatable bonds is 5. The van der Waals surface area contributed by atoms with Crippen LogP contribution in [0.4, 0.5) is 0 Å². The molecule has 5 heteroatoms. The Bertz CT molecular complexity index is 338. The summed E-state index contributed by atoms with van der Waals surface area (Å²) in [5.74, 6) is 1.24. The molecule has 0 bridgehead atoms. The van der Waals surface area contributed by atoms with Crippen molar-refractivity contribution in [1.29, 1.82) is 0 Å². The van der Waals surface area contributed by atoms with Crippen LogP contribution in [0.3, 0.4) is 0 Å². The van der Waals surface area contributed by atoms with E-state index < -0.39 is 0 Å². The Morgan fingerprint density at radius 1 is 1.32 bits per heavy atom. The second-order valence-corrected chi connectivity index (χ2v) is 5.87. The summed E-state index contributed by atoms with van der Waals surface area (Å²) in [5.41, 5.74) is 0. The average molecular weight is 268 g/mol. The van der Waals surface area contributed by atoms with Crippen LogP contribution in [0.5, 0.6) is 0 Å². The quantitative estimate of drug-likeness (QED) is 0.757. The van der Waals surface area contributed by atoms with E-state index in [9.17, 15) is 9.59 Å². The van der Waals surface area contributed by atoms with Crippen molar-refractivity contribution in [1.82, 2.24) is 10.2 Å². The Morgan fingerprint density at radius 2 is 1.95 bits per heavy atom. The van der Waals surface area contributed by atoms with Gasteiger partial charge in [0.1, 0.15) is 0 Å². The first kappa shape index (κ1) is 14.3. The number of nitrogens with one attached hydrogen (secondary N) is 1. The lowest BCUT2D eigenvalue weighted by molar-refractivity contribution is -0.132. The van der Waals surface area contributed by atoms with Crippen LogP contribution in [0.2, 0.25) is 0 Å². The average Bonchev–Trinajstić information content (AvgIpc) is 3.16. The Balaban J connectivity index is 1.61. The molecule has 2 amide bonds. The number of aliphatic hydroxyl groups excluding tert-OH is 1. The van der Waals surface area contributed by atoms with Gasteiger partial charge < -0.3 is 15.3 Å². The van der Waals surface area contributed by atoms with Gasteiger partial charge in [0.15, 0.2) is 0 Å². The van der Waals surface area contributed by atoms with E-state index in [1.807, 2.05) is 4.90 Å². The SMILES string of the molecule is CC1CC1C(=O)NCCC(=O)N1CCC(CO)CC1. The van der Waals surface area contributed by atoms with Crippen LogP contribution >= 0.6 is 0 Å². The van der Waals surface area contributed by atoms with Crippen LogP contribution in [0.25, 0.3) is 0 Å². The molecule has 19 heavy (non-hydrogen) atoms. The molecule has 2 unspecified atom stereocenters. The van der Waals surface area contributed by atoms with Gasteiger partial charge in [-0.05, 0) is 31.1 Å². The number of piperidine rings is 1. The van der Waals surface area contributed by atoms with E-state index in [1.54, 1.807) is 0 Å². The molecule has 1 saturated carbocycles. The van der Waals surface area contributed by atoms with E-state index >= 15 is 0 Å². The fraction of sp³-hybridized carbons (Fsp3) is 0.857. The first-order valence-corrected chi connectivity index (χ1v) is 7.28. The maximum atomic E-state index is 11.9. The molecule has 0 aromatic rings. The monoisotopic (exact) mass is 268 g/mol. The largest absolute Gasteiger partial charge is 0.396 e. The zero-order valence-electron chi connectivity index (χ0n) is 11.6. The van der Waals surface area contributed by atoms with Crippen molar-refractivity contribution in [2.75, 3.05) is 26.2 Å². The van der Waals surface area contributed by atoms with Crippen LogP contribution in [0.15, 0.2) is 0 Å². The van der Waals surface area contributed by atoms with E-state index in [-0.39, 0.29) is 24.3 Å². The summed E-state index contributed by atoms with van der Waals surface area (Å²) in [7, 11) is 0. The van der Waals surface area contributed by atoms with Gasteiger partial charge in [0.2, 0.25) is 11.8 Å². The van der Waals surface area contributed by atoms with Gasteiger partial charge >= 0.3 is 0 Å². The molecule has 1 aliphatic carbocycles. The number of aliphatic hydroxyl groups is 1. The number of amides is 2. The summed E-state index contributed by atoms with van der Waals surface area (Å²) in [4.78, 5) is 25.4. The predicted molar refractivity (Wildman–Crippen MR) is 71.3 cm³/mol. The summed E-state index contributed by atoms with van der Waals surface area (Å²) in [6, 6.07) is 0. The van der Waals surface area contributed by atoms with Crippen molar-refractivity contribution in [3.63, 3.8) is 0 Å². The molecule has 0 aromatic heterocycles. The molecule has 0 aromatic carbocycles. The van der Waals surface area contributed by atoms with Crippen molar-refractivity contribution in [3.8, 4) is 0 Å². The third-order valence-corrected chi connectivity index (χ3v) is 4.31. The third-order valence-electron chi connectivity index (χ3n) is 4.31. The zero-order valence-corrected chi connectivity index (χ0v) is 11.6. The number of hydrogen-bond donors (Lipinski definition) is 2. The molecule has 2 atom stereocenters. The molecule has 108 valence electrons. The Labute approximate surface area is 114 Å². The van der Waals surface area contributed by atoms with Gasteiger partial charge in [0, 0.05) is 38.6 Å². The summed E-state index contributed by atoms with van der Waals surface area (Å²) < 4.78 is 0. The highest BCUT2D eigenvalue weighted by molar-refractivity contribution is 5.82. The first-order chi connectivity index (χ1) is 9.11. The lowest BCUT2D eigenvalue weighted by Gasteiger charge is -2.31. The zero-order chi connectivity index (χ0) is 13.8. The van der Waals surface area contributed by atoms with Gasteiger partial charge in [-0.15, -0.1) is 0 Å². The molecule has 0 spiro atoms. The minimum atomic E-state index is 0.0966. The molecule has 2 N–H and O–H groups in total. The van der Waals surface area contributed by atoms with E-state index in [0.717, 1.165) is 32.4 Å². The van der Waals surface area contributed by atoms with Gasteiger partial charge in [-0.25, -0.2) is 0 Å². The van der Waals surface area contributed by atoms with Crippen LogP contribution in [0, 0.1) is 17.8 Å². The van der Waals surface area contributed by atoms with E-state index in [0.29, 0.717) is 24.8 Å². The van der Waals surface area contributed by atoms with Crippen molar-refractivity contribution < 1.29 is 14.7 Å². The second kappa shape index (κ2) is 6.37. The van der Waals surface area contributed by atoms with Gasteiger partial charge in [0.25, 0.3) is 0 Å². The van der Waals surface area contributed by atoms with Gasteiger partial charge in [-0.2, -0.15) is 0 Å². The number of carbonyl (C=O) groups excluding carboxylic acids is 2. The number of carbonyl (C=O) groups is 2. The second-order valence-electron chi connectivity index (χ2n) is 5.87. The lowest BCUT2D eigenvalue weighted by atomic mass is 9.98. The van der Waals surface area contributed by atoms with Crippen molar-refractivity contribution >= 4 is 11.8 Å². The molecule has 1 saturated heterocycles. The minimum Gasteiger partial charge on any atom is -0.396 e. The fourth-order valence-electron chi connectivity index (χ4n) is 2.63. The Kier molecular flexibility index (Phi) is 4.80. The van der Waals surface area contributed by atoms with Gasteiger partial charge in [-0.1, -0.05) is 6.92 Å². The summed E-state index contributed by atoms with van der Waals surface area (Å²) >= 11 is 0. The third kappa shape index (κ3) is 3.93. The maximum absolute atomic E-state index is 11.9. The smallest absolute Gasteiger partial charge is 0.224 e. The van der Waals surface area contributed by atoms with Crippen LogP contribution in [-0.2, 0) is 9.59 Å². The fourth-order valence-corrected chi connectivity index (χ4v) is 2.63. The molecule has 2 aliphatic rings. The van der Waals surface area contributed by atoms with E-state index in [2.05, 4.69) is 12.2 Å². The molecular weight excluding hydrogens is 244 g/mol. The Hall–Kier alpha value is -1.10. The lowest BCUT2D eigenvalue weighted by Crippen LogP contribution is -2.40. The number of hydrogen-bond acceptors (Lipinski definition) is 3. The molecule has 1 aliphatic heterocycles. The highest BCUT2D eigenvalue weighted by atomic mass is 16.3. The standard InChI is InChI=1S/C14H24N2O3/c1-10-8-12(10)14(19)15-5-2-13(18)16-6-3-11(9-17)4-7-16/h10-12,17H,2-9H2,1H3,(H,15,19). The van der Waals surface area contributed by atoms with Crippen LogP contribution < -0.4 is 5.32 Å². The summed E-state index contributed by atoms with van der Waals surface area (Å²) in [6.07, 6.45) is 3.13. The molecule has 2 rings (SSSR count). The van der Waals surface area contributed by atoms with Crippen molar-refractivity contribution in [2.24, 2.45) is 17.8 Å². The summed E-state index contributed by atoms with van der Waals surface area (Å²) in [6.45, 7) is 4.20. The van der Waals surface area contributed by atoms with Crippen LogP contribution in [0.1, 0.15) is 32.6 Å². The van der Waals surface area contributed by atoms with Gasteiger partial charge in [0.05, 0.1) is 0 Å². The first-order valence-electron chi connectivity index (χ1n) is 7.28. The predicted octanol–water partition coefficient (Wildman–Crippen LogP) is 0.380. The highest BCUT2D eigenvalue weighted by Gasteiger charge is 2.38. The molecule has 1 heterocycles. The maximum Gasteiger partial charge on any atom is 0.224 e. The Morgan fingerprint density at radius 3 is 2.47 bits per heavy atom.